The van der Waals surface area contributed by atoms with Crippen LogP contribution in [-0.4, -0.2) is 0 Å². The van der Waals surface area contributed by atoms with Crippen molar-refractivity contribution >= 4 is 43.1 Å². The Hall–Kier alpha value is -6.76. The molecule has 0 aliphatic carbocycles. The highest BCUT2D eigenvalue weighted by atomic mass is 14.3. The van der Waals surface area contributed by atoms with Crippen LogP contribution in [0.4, 0.5) is 0 Å². The zero-order valence-corrected chi connectivity index (χ0v) is 32.3. The molecule has 0 aliphatic rings. The van der Waals surface area contributed by atoms with Crippen molar-refractivity contribution in [3.05, 3.63) is 204 Å². The first-order valence-electron chi connectivity index (χ1n) is 19.7. The molecule has 0 spiro atoms. The highest BCUT2D eigenvalue weighted by Gasteiger charge is 2.22. The van der Waals surface area contributed by atoms with Gasteiger partial charge in [0.1, 0.15) is 0 Å². The van der Waals surface area contributed by atoms with Gasteiger partial charge in [0.05, 0.1) is 0 Å². The Kier molecular flexibility index (Phi) is 8.15. The van der Waals surface area contributed by atoms with Crippen molar-refractivity contribution in [3.63, 3.8) is 0 Å². The Labute approximate surface area is 329 Å². The van der Waals surface area contributed by atoms with Gasteiger partial charge in [0.2, 0.25) is 0 Å². The molecule has 10 rings (SSSR count). The summed E-state index contributed by atoms with van der Waals surface area (Å²) in [5.74, 6) is 0. The lowest BCUT2D eigenvalue weighted by Gasteiger charge is -2.22. The van der Waals surface area contributed by atoms with E-state index in [0.29, 0.717) is 0 Å². The van der Waals surface area contributed by atoms with Crippen molar-refractivity contribution in [1.82, 2.24) is 0 Å². The summed E-state index contributed by atoms with van der Waals surface area (Å²) in [6.07, 6.45) is 0. The fourth-order valence-corrected chi connectivity index (χ4v) is 9.50. The minimum absolute atomic E-state index is 1.21. The van der Waals surface area contributed by atoms with Gasteiger partial charge >= 0.3 is 0 Å². The van der Waals surface area contributed by atoms with E-state index in [2.05, 4.69) is 210 Å². The quantitative estimate of drug-likeness (QED) is 0.156. The van der Waals surface area contributed by atoms with Crippen LogP contribution in [0.1, 0.15) is 22.3 Å². The summed E-state index contributed by atoms with van der Waals surface area (Å²) in [7, 11) is 0. The molecular weight excluding hydrogens is 673 g/mol. The van der Waals surface area contributed by atoms with Crippen LogP contribution in [0.15, 0.2) is 182 Å². The smallest absolute Gasteiger partial charge is 0.00208 e. The second-order valence-electron chi connectivity index (χ2n) is 15.4. The summed E-state index contributed by atoms with van der Waals surface area (Å²) in [5.41, 5.74) is 17.9. The maximum absolute atomic E-state index is 2.47. The van der Waals surface area contributed by atoms with Crippen LogP contribution in [0, 0.1) is 27.7 Å². The van der Waals surface area contributed by atoms with E-state index in [-0.39, 0.29) is 0 Å². The third-order valence-electron chi connectivity index (χ3n) is 12.0. The molecule has 0 heterocycles. The largest absolute Gasteiger partial charge is 0.0622 e. The van der Waals surface area contributed by atoms with Crippen LogP contribution in [0.25, 0.3) is 98.7 Å². The summed E-state index contributed by atoms with van der Waals surface area (Å²) in [6, 6.07) is 67.5. The molecule has 0 atom stereocenters. The lowest BCUT2D eigenvalue weighted by atomic mass is 9.81. The topological polar surface area (TPSA) is 0 Å². The predicted molar refractivity (Wildman–Crippen MR) is 243 cm³/mol. The van der Waals surface area contributed by atoms with E-state index in [4.69, 9.17) is 0 Å². The summed E-state index contributed by atoms with van der Waals surface area (Å²) in [6.45, 7) is 9.03. The fraction of sp³-hybridized carbons (Fsp3) is 0.0714. The van der Waals surface area contributed by atoms with E-state index in [0.717, 1.165) is 0 Å². The molecule has 0 fully saturated rings. The van der Waals surface area contributed by atoms with Gasteiger partial charge in [0, 0.05) is 0 Å². The molecule has 0 unspecified atom stereocenters. The molecule has 10 aromatic carbocycles. The Morgan fingerprint density at radius 3 is 0.929 bits per heavy atom. The van der Waals surface area contributed by atoms with Gasteiger partial charge in [0.25, 0.3) is 0 Å². The molecule has 0 aliphatic heterocycles. The highest BCUT2D eigenvalue weighted by Crippen LogP contribution is 2.49. The van der Waals surface area contributed by atoms with Crippen molar-refractivity contribution in [2.45, 2.75) is 27.7 Å². The van der Waals surface area contributed by atoms with E-state index in [9.17, 15) is 0 Å². The van der Waals surface area contributed by atoms with Gasteiger partial charge in [-0.15, -0.1) is 0 Å². The molecular formula is C56H42. The molecule has 0 saturated carbocycles. The third kappa shape index (κ3) is 5.36. The Balaban J connectivity index is 1.33. The van der Waals surface area contributed by atoms with Crippen LogP contribution >= 0.6 is 0 Å². The lowest BCUT2D eigenvalue weighted by Crippen LogP contribution is -1.97. The SMILES string of the molecule is Cc1cccc(C)c1-c1c2ccccc2c(-c2c(C)cccc2C)c2cc(-c3ccc4c(-c5ccccc5)c5ccccc5c(-c5ccccc5)c4c3)ccc12. The van der Waals surface area contributed by atoms with E-state index in [1.807, 2.05) is 0 Å². The minimum atomic E-state index is 1.21. The zero-order chi connectivity index (χ0) is 37.9. The van der Waals surface area contributed by atoms with Gasteiger partial charge in [-0.05, 0) is 161 Å². The minimum Gasteiger partial charge on any atom is -0.0622 e. The average molecular weight is 715 g/mol. The van der Waals surface area contributed by atoms with Crippen molar-refractivity contribution < 1.29 is 0 Å². The molecule has 266 valence electrons. The number of fused-ring (bicyclic) bond motifs is 4. The molecule has 0 saturated heterocycles. The van der Waals surface area contributed by atoms with Crippen molar-refractivity contribution in [3.8, 4) is 55.6 Å². The standard InChI is InChI=1S/C56H42/c1-35-17-15-18-36(2)51(35)55-45-27-13-14-28-46(45)56(52-37(3)19-16-20-38(52)4)50-34-42(30-32-48(50)55)41-29-31-47-49(33-41)54(40-23-9-6-10-24-40)44-26-12-11-25-43(44)53(47)39-21-7-5-8-22-39/h5-34H,1-4H3. The Bertz CT molecular complexity index is 3110. The molecule has 0 radical (unpaired) electrons. The fourth-order valence-electron chi connectivity index (χ4n) is 9.50. The number of hydrogen-bond acceptors (Lipinski definition) is 0. The highest BCUT2D eigenvalue weighted by molar-refractivity contribution is 6.24. The number of hydrogen-bond donors (Lipinski definition) is 0. The summed E-state index contributed by atoms with van der Waals surface area (Å²) in [4.78, 5) is 0. The first-order chi connectivity index (χ1) is 27.5. The third-order valence-corrected chi connectivity index (χ3v) is 12.0. The number of rotatable bonds is 5. The van der Waals surface area contributed by atoms with Crippen molar-refractivity contribution in [2.75, 3.05) is 0 Å². The van der Waals surface area contributed by atoms with Crippen molar-refractivity contribution in [2.24, 2.45) is 0 Å². The maximum atomic E-state index is 2.47. The van der Waals surface area contributed by atoms with Gasteiger partial charge in [0.15, 0.2) is 0 Å². The Morgan fingerprint density at radius 2 is 0.500 bits per heavy atom. The second kappa shape index (κ2) is 13.5. The van der Waals surface area contributed by atoms with E-state index < -0.39 is 0 Å². The molecule has 0 amide bonds. The lowest BCUT2D eigenvalue weighted by molar-refractivity contribution is 1.38. The summed E-state index contributed by atoms with van der Waals surface area (Å²) >= 11 is 0. The van der Waals surface area contributed by atoms with Crippen LogP contribution in [-0.2, 0) is 0 Å². The molecule has 10 aromatic rings. The van der Waals surface area contributed by atoms with E-state index >= 15 is 0 Å². The van der Waals surface area contributed by atoms with Crippen molar-refractivity contribution in [1.29, 1.82) is 0 Å². The molecule has 56 heavy (non-hydrogen) atoms. The monoisotopic (exact) mass is 714 g/mol. The molecule has 0 heteroatoms. The van der Waals surface area contributed by atoms with E-state index in [1.54, 1.807) is 0 Å². The normalized spacial score (nSPS) is 11.6. The summed E-state index contributed by atoms with van der Waals surface area (Å²) in [5, 5.41) is 10.2. The van der Waals surface area contributed by atoms with Gasteiger partial charge < -0.3 is 0 Å². The maximum Gasteiger partial charge on any atom is -0.00208 e. The van der Waals surface area contributed by atoms with Gasteiger partial charge in [-0.1, -0.05) is 170 Å². The van der Waals surface area contributed by atoms with Crippen LogP contribution < -0.4 is 0 Å². The van der Waals surface area contributed by atoms with Gasteiger partial charge in [-0.25, -0.2) is 0 Å². The first-order valence-corrected chi connectivity index (χ1v) is 19.7. The second-order valence-corrected chi connectivity index (χ2v) is 15.4. The Morgan fingerprint density at radius 1 is 0.196 bits per heavy atom. The first kappa shape index (κ1) is 33.8. The molecule has 0 aromatic heterocycles. The number of benzene rings is 10. The van der Waals surface area contributed by atoms with Crippen LogP contribution in [0.5, 0.6) is 0 Å². The van der Waals surface area contributed by atoms with Gasteiger partial charge in [-0.3, -0.25) is 0 Å². The zero-order valence-electron chi connectivity index (χ0n) is 32.3. The predicted octanol–water partition coefficient (Wildman–Crippen LogP) is 15.9. The summed E-state index contributed by atoms with van der Waals surface area (Å²) < 4.78 is 0. The number of aryl methyl sites for hydroxylation is 4. The van der Waals surface area contributed by atoms with E-state index in [1.165, 1.54) is 121 Å². The molecule has 0 nitrogen and oxygen atoms in total. The average Bonchev–Trinajstić information content (AvgIpc) is 3.23. The molecule has 0 N–H and O–H groups in total. The van der Waals surface area contributed by atoms with Gasteiger partial charge in [-0.2, -0.15) is 0 Å². The van der Waals surface area contributed by atoms with Crippen LogP contribution in [0.2, 0.25) is 0 Å². The van der Waals surface area contributed by atoms with Crippen LogP contribution in [0.3, 0.4) is 0 Å². The molecule has 0 bridgehead atoms.